The van der Waals surface area contributed by atoms with E-state index in [2.05, 4.69) is 23.5 Å². The van der Waals surface area contributed by atoms with E-state index in [0.717, 1.165) is 23.5 Å². The van der Waals surface area contributed by atoms with Crippen molar-refractivity contribution in [2.45, 2.75) is 33.2 Å². The molecule has 6 N–H and O–H groups in total. The van der Waals surface area contributed by atoms with E-state index >= 15 is 0 Å². The van der Waals surface area contributed by atoms with Crippen LogP contribution in [0.25, 0.3) is 0 Å². The van der Waals surface area contributed by atoms with Gasteiger partial charge in [-0.25, -0.2) is 0 Å². The van der Waals surface area contributed by atoms with Gasteiger partial charge in [0.15, 0.2) is 5.69 Å². The van der Waals surface area contributed by atoms with E-state index < -0.39 is 23.8 Å². The largest absolute Gasteiger partial charge is 0.508 e. The van der Waals surface area contributed by atoms with Crippen molar-refractivity contribution in [1.82, 2.24) is 9.69 Å². The molecule has 0 aliphatic heterocycles. The topological polar surface area (TPSA) is 152 Å². The third-order valence-electron chi connectivity index (χ3n) is 5.42. The molecule has 1 heterocycles. The molecule has 2 aromatic carbocycles. The minimum Gasteiger partial charge on any atom is -0.508 e. The van der Waals surface area contributed by atoms with Crippen LogP contribution in [-0.4, -0.2) is 33.7 Å². The fourth-order valence-electron chi connectivity index (χ4n) is 3.48. The van der Waals surface area contributed by atoms with Crippen molar-refractivity contribution in [3.8, 4) is 5.75 Å². The third kappa shape index (κ3) is 5.96. The van der Waals surface area contributed by atoms with Crippen molar-refractivity contribution in [3.63, 3.8) is 0 Å². The van der Waals surface area contributed by atoms with Gasteiger partial charge < -0.3 is 21.9 Å². The molecule has 0 saturated carbocycles. The normalized spacial score (nSPS) is 11.8. The number of carbonyl (C=O) groups excluding carboxylic acids is 3. The van der Waals surface area contributed by atoms with Crippen LogP contribution in [0.4, 0.5) is 11.4 Å². The second-order valence-corrected chi connectivity index (χ2v) is 9.39. The average Bonchev–Trinajstić information content (AvgIpc) is 3.20. The van der Waals surface area contributed by atoms with Crippen LogP contribution in [0.15, 0.2) is 48.5 Å². The lowest BCUT2D eigenvalue weighted by Crippen LogP contribution is -2.44. The summed E-state index contributed by atoms with van der Waals surface area (Å²) in [5, 5.41) is 12.7. The summed E-state index contributed by atoms with van der Waals surface area (Å²) >= 11 is 0.749. The van der Waals surface area contributed by atoms with E-state index in [1.54, 1.807) is 24.3 Å². The Kier molecular flexibility index (Phi) is 8.08. The second-order valence-electron chi connectivity index (χ2n) is 8.62. The van der Waals surface area contributed by atoms with E-state index in [0.29, 0.717) is 23.7 Å². The maximum Gasteiger partial charge on any atom is 0.273 e. The fraction of sp³-hybridized carbons (Fsp3) is 0.280. The number of anilines is 2. The summed E-state index contributed by atoms with van der Waals surface area (Å²) in [7, 11) is 0. The van der Waals surface area contributed by atoms with Gasteiger partial charge >= 0.3 is 0 Å². The number of amides is 3. The van der Waals surface area contributed by atoms with Gasteiger partial charge in [-0.1, -0.05) is 43.7 Å². The summed E-state index contributed by atoms with van der Waals surface area (Å²) < 4.78 is 3.95. The molecule has 0 bridgehead atoms. The van der Waals surface area contributed by atoms with Crippen molar-refractivity contribution in [1.29, 1.82) is 0 Å². The van der Waals surface area contributed by atoms with E-state index in [-0.39, 0.29) is 22.0 Å². The molecule has 3 amide bonds. The summed E-state index contributed by atoms with van der Waals surface area (Å²) in [4.78, 5) is 40.4. The molecule has 1 atom stereocenters. The van der Waals surface area contributed by atoms with Crippen LogP contribution in [0.2, 0.25) is 0 Å². The monoisotopic (exact) mass is 495 g/mol. The highest BCUT2D eigenvalue weighted by molar-refractivity contribution is 7.09. The van der Waals surface area contributed by atoms with Crippen molar-refractivity contribution in [3.05, 3.63) is 70.2 Å². The van der Waals surface area contributed by atoms with Crippen LogP contribution in [0, 0.1) is 12.8 Å². The lowest BCUT2D eigenvalue weighted by molar-refractivity contribution is -0.122. The van der Waals surface area contributed by atoms with Crippen molar-refractivity contribution >= 4 is 40.6 Å². The Balaban J connectivity index is 2.14. The zero-order chi connectivity index (χ0) is 25.7. The van der Waals surface area contributed by atoms with Crippen molar-refractivity contribution in [2.75, 3.05) is 17.2 Å². The molecule has 0 fully saturated rings. The van der Waals surface area contributed by atoms with E-state index in [9.17, 15) is 19.5 Å². The number of phenols is 1. The van der Waals surface area contributed by atoms with Crippen LogP contribution in [-0.2, 0) is 4.79 Å². The highest BCUT2D eigenvalue weighted by atomic mass is 32.1. The number of primary amides is 1. The van der Waals surface area contributed by atoms with Gasteiger partial charge in [0, 0.05) is 12.2 Å². The number of aryl methyl sites for hydroxylation is 1. The van der Waals surface area contributed by atoms with E-state index in [1.165, 1.54) is 17.0 Å². The zero-order valence-electron chi connectivity index (χ0n) is 19.8. The van der Waals surface area contributed by atoms with E-state index in [1.807, 2.05) is 19.1 Å². The van der Waals surface area contributed by atoms with Crippen molar-refractivity contribution < 1.29 is 19.5 Å². The molecule has 0 spiro atoms. The Morgan fingerprint density at radius 2 is 1.71 bits per heavy atom. The highest BCUT2D eigenvalue weighted by Crippen LogP contribution is 2.33. The minimum absolute atomic E-state index is 0.00173. The van der Waals surface area contributed by atoms with Gasteiger partial charge in [-0.15, -0.1) is 0 Å². The first-order chi connectivity index (χ1) is 16.6. The Bertz CT molecular complexity index is 1210. The molecule has 0 aliphatic rings. The Hall–Kier alpha value is -3.92. The van der Waals surface area contributed by atoms with Crippen molar-refractivity contribution in [2.24, 2.45) is 11.7 Å². The number of rotatable bonds is 9. The number of carbonyl (C=O) groups is 3. The highest BCUT2D eigenvalue weighted by Gasteiger charge is 2.36. The molecule has 1 unspecified atom stereocenters. The molecule has 0 saturated heterocycles. The number of nitrogens with one attached hydrogen (secondary N) is 1. The quantitative estimate of drug-likeness (QED) is 0.357. The van der Waals surface area contributed by atoms with E-state index in [4.69, 9.17) is 11.5 Å². The average molecular weight is 496 g/mol. The predicted octanol–water partition coefficient (Wildman–Crippen LogP) is 3.39. The molecular weight excluding hydrogens is 466 g/mol. The van der Waals surface area contributed by atoms with Crippen LogP contribution in [0.1, 0.15) is 57.6 Å². The predicted molar refractivity (Wildman–Crippen MR) is 136 cm³/mol. The van der Waals surface area contributed by atoms with Gasteiger partial charge in [-0.2, -0.15) is 4.37 Å². The number of aromatic hydroxyl groups is 1. The maximum atomic E-state index is 13.9. The van der Waals surface area contributed by atoms with Gasteiger partial charge in [0.2, 0.25) is 5.91 Å². The molecule has 0 aliphatic carbocycles. The number of phenolic OH excluding ortho intramolecular Hbond substituents is 1. The molecule has 3 rings (SSSR count). The third-order valence-corrected chi connectivity index (χ3v) is 6.27. The maximum absolute atomic E-state index is 13.9. The van der Waals surface area contributed by atoms with Gasteiger partial charge in [0.1, 0.15) is 16.7 Å². The number of hydrogen-bond donors (Lipinski definition) is 4. The standard InChI is InChI=1S/C25H29N5O4S/c1-14(2)12-13-28-24(33)21(16-6-10-18(31)11-7-16)30(17-8-4-15(3)5-9-17)25(34)22-19(26)20(23(27)32)29-35-22/h4-11,14,21,31H,12-13,26H2,1-3H3,(H2,27,32)(H,28,33). The summed E-state index contributed by atoms with van der Waals surface area (Å²) in [6, 6.07) is 12.1. The Morgan fingerprint density at radius 3 is 2.26 bits per heavy atom. The lowest BCUT2D eigenvalue weighted by Gasteiger charge is -2.31. The van der Waals surface area contributed by atoms with Gasteiger partial charge in [-0.3, -0.25) is 19.3 Å². The van der Waals surface area contributed by atoms with Crippen LogP contribution in [0.5, 0.6) is 5.75 Å². The molecule has 1 aromatic heterocycles. The molecule has 184 valence electrons. The number of nitrogens with zero attached hydrogens (tertiary/aromatic N) is 2. The number of aromatic nitrogens is 1. The molecular formula is C25H29N5O4S. The summed E-state index contributed by atoms with van der Waals surface area (Å²) in [6.45, 7) is 6.44. The number of hydrogen-bond acceptors (Lipinski definition) is 7. The zero-order valence-corrected chi connectivity index (χ0v) is 20.6. The molecule has 35 heavy (non-hydrogen) atoms. The SMILES string of the molecule is Cc1ccc(N(C(=O)c2snc(C(N)=O)c2N)C(C(=O)NCCC(C)C)c2ccc(O)cc2)cc1. The van der Waals surface area contributed by atoms with Gasteiger partial charge in [0.25, 0.3) is 11.8 Å². The van der Waals surface area contributed by atoms with Crippen LogP contribution < -0.4 is 21.7 Å². The summed E-state index contributed by atoms with van der Waals surface area (Å²) in [5.41, 5.74) is 13.0. The lowest BCUT2D eigenvalue weighted by atomic mass is 10.0. The first kappa shape index (κ1) is 25.7. The molecule has 9 nitrogen and oxygen atoms in total. The second kappa shape index (κ2) is 11.0. The van der Waals surface area contributed by atoms with Gasteiger partial charge in [0.05, 0.1) is 5.69 Å². The molecule has 10 heteroatoms. The summed E-state index contributed by atoms with van der Waals surface area (Å²) in [6.07, 6.45) is 0.760. The number of benzene rings is 2. The smallest absolute Gasteiger partial charge is 0.273 e. The number of nitrogens with two attached hydrogens (primary N) is 2. The molecule has 0 radical (unpaired) electrons. The van der Waals surface area contributed by atoms with Crippen LogP contribution >= 0.6 is 11.5 Å². The molecule has 3 aromatic rings. The Morgan fingerprint density at radius 1 is 1.09 bits per heavy atom. The number of nitrogen functional groups attached to an aromatic ring is 1. The first-order valence-electron chi connectivity index (χ1n) is 11.1. The fourth-order valence-corrected chi connectivity index (χ4v) is 4.22. The van der Waals surface area contributed by atoms with Crippen LogP contribution in [0.3, 0.4) is 0 Å². The Labute approximate surface area is 207 Å². The summed E-state index contributed by atoms with van der Waals surface area (Å²) in [5.74, 6) is -1.45. The van der Waals surface area contributed by atoms with Gasteiger partial charge in [-0.05, 0) is 60.6 Å². The first-order valence-corrected chi connectivity index (χ1v) is 11.9. The minimum atomic E-state index is -1.09.